The molecular formula is C14H18O4. The average molecular weight is 250 g/mol. The Morgan fingerprint density at radius 3 is 2.56 bits per heavy atom. The van der Waals surface area contributed by atoms with Crippen LogP contribution in [0.4, 0.5) is 0 Å². The van der Waals surface area contributed by atoms with Crippen molar-refractivity contribution in [2.75, 3.05) is 0 Å². The molecule has 98 valence electrons. The smallest absolute Gasteiger partial charge is 0.327 e. The lowest BCUT2D eigenvalue weighted by molar-refractivity contribution is -0.252. The van der Waals surface area contributed by atoms with Crippen molar-refractivity contribution >= 4 is 11.9 Å². The number of carbonyl (C=O) groups is 2. The van der Waals surface area contributed by atoms with E-state index in [2.05, 4.69) is 6.58 Å². The molecule has 0 radical (unpaired) electrons. The lowest BCUT2D eigenvalue weighted by Crippen LogP contribution is -2.54. The summed E-state index contributed by atoms with van der Waals surface area (Å²) in [6.07, 6.45) is 7.20. The maximum atomic E-state index is 12.2. The molecule has 0 amide bonds. The Labute approximate surface area is 107 Å². The van der Waals surface area contributed by atoms with Crippen molar-refractivity contribution in [3.63, 3.8) is 0 Å². The first kappa shape index (κ1) is 12.9. The SMILES string of the molecule is C=CCC1C=CCC2(C1)C(=O)OC(C)(C)OC2=O. The molecule has 0 bridgehead atoms. The van der Waals surface area contributed by atoms with Crippen LogP contribution in [-0.2, 0) is 19.1 Å². The van der Waals surface area contributed by atoms with Gasteiger partial charge >= 0.3 is 11.9 Å². The largest absolute Gasteiger partial charge is 0.422 e. The summed E-state index contributed by atoms with van der Waals surface area (Å²) < 4.78 is 10.4. The Bertz CT molecular complexity index is 400. The molecule has 2 aliphatic rings. The summed E-state index contributed by atoms with van der Waals surface area (Å²) in [5.74, 6) is -1.96. The number of rotatable bonds is 2. The summed E-state index contributed by atoms with van der Waals surface area (Å²) in [6, 6.07) is 0. The second-order valence-electron chi connectivity index (χ2n) is 5.38. The maximum absolute atomic E-state index is 12.2. The molecule has 0 saturated carbocycles. The topological polar surface area (TPSA) is 52.6 Å². The van der Waals surface area contributed by atoms with Gasteiger partial charge in [0.2, 0.25) is 0 Å². The van der Waals surface area contributed by atoms with Crippen LogP contribution in [0.5, 0.6) is 0 Å². The molecule has 0 aromatic rings. The van der Waals surface area contributed by atoms with Gasteiger partial charge in [-0.05, 0) is 25.2 Å². The summed E-state index contributed by atoms with van der Waals surface area (Å²) >= 11 is 0. The number of carbonyl (C=O) groups excluding carboxylic acids is 2. The van der Waals surface area contributed by atoms with Crippen LogP contribution >= 0.6 is 0 Å². The highest BCUT2D eigenvalue weighted by atomic mass is 16.7. The van der Waals surface area contributed by atoms with Gasteiger partial charge in [-0.15, -0.1) is 6.58 Å². The molecule has 4 heteroatoms. The quantitative estimate of drug-likeness (QED) is 0.429. The standard InChI is InChI=1S/C14H18O4/c1-4-6-10-7-5-8-14(9-10)11(15)17-13(2,3)18-12(14)16/h4-5,7,10H,1,6,8-9H2,2-3H3. The zero-order valence-electron chi connectivity index (χ0n) is 10.8. The van der Waals surface area contributed by atoms with Gasteiger partial charge in [0.25, 0.3) is 5.79 Å². The van der Waals surface area contributed by atoms with Crippen molar-refractivity contribution in [1.29, 1.82) is 0 Å². The minimum atomic E-state index is -1.16. The van der Waals surface area contributed by atoms with Crippen LogP contribution in [0.15, 0.2) is 24.8 Å². The van der Waals surface area contributed by atoms with Crippen molar-refractivity contribution in [2.45, 2.75) is 38.9 Å². The molecule has 1 spiro atoms. The fraction of sp³-hybridized carbons (Fsp3) is 0.571. The highest BCUT2D eigenvalue weighted by Crippen LogP contribution is 2.43. The zero-order valence-corrected chi connectivity index (χ0v) is 10.8. The van der Waals surface area contributed by atoms with E-state index in [-0.39, 0.29) is 5.92 Å². The third-order valence-electron chi connectivity index (χ3n) is 3.41. The first-order chi connectivity index (χ1) is 8.39. The van der Waals surface area contributed by atoms with Crippen molar-refractivity contribution in [3.05, 3.63) is 24.8 Å². The Hall–Kier alpha value is -1.58. The third-order valence-corrected chi connectivity index (χ3v) is 3.41. The first-order valence-electron chi connectivity index (χ1n) is 6.14. The molecule has 1 aliphatic carbocycles. The zero-order chi connectivity index (χ0) is 13.4. The van der Waals surface area contributed by atoms with Gasteiger partial charge in [0.05, 0.1) is 0 Å². The number of cyclic esters (lactones) is 2. The van der Waals surface area contributed by atoms with Crippen LogP contribution in [-0.4, -0.2) is 17.7 Å². The van der Waals surface area contributed by atoms with Gasteiger partial charge in [-0.25, -0.2) is 0 Å². The summed E-state index contributed by atoms with van der Waals surface area (Å²) in [4.78, 5) is 24.3. The van der Waals surface area contributed by atoms with Gasteiger partial charge in [-0.3, -0.25) is 9.59 Å². The van der Waals surface area contributed by atoms with Crippen molar-refractivity contribution in [1.82, 2.24) is 0 Å². The Balaban J connectivity index is 2.26. The lowest BCUT2D eigenvalue weighted by Gasteiger charge is -2.42. The Morgan fingerprint density at radius 1 is 1.39 bits per heavy atom. The Morgan fingerprint density at radius 2 is 2.00 bits per heavy atom. The number of esters is 2. The lowest BCUT2D eigenvalue weighted by atomic mass is 9.71. The van der Waals surface area contributed by atoms with Crippen molar-refractivity contribution in [3.8, 4) is 0 Å². The molecule has 2 rings (SSSR count). The monoisotopic (exact) mass is 250 g/mol. The van der Waals surface area contributed by atoms with Crippen LogP contribution in [0.25, 0.3) is 0 Å². The van der Waals surface area contributed by atoms with E-state index in [0.29, 0.717) is 12.8 Å². The predicted octanol–water partition coefficient (Wildman–Crippen LogP) is 2.35. The van der Waals surface area contributed by atoms with Crippen LogP contribution in [0.3, 0.4) is 0 Å². The van der Waals surface area contributed by atoms with Gasteiger partial charge < -0.3 is 9.47 Å². The molecule has 18 heavy (non-hydrogen) atoms. The Kier molecular flexibility index (Phi) is 3.05. The van der Waals surface area contributed by atoms with Gasteiger partial charge in [0.1, 0.15) is 0 Å². The molecule has 1 aliphatic heterocycles. The predicted molar refractivity (Wildman–Crippen MR) is 65.4 cm³/mol. The number of hydrogen-bond acceptors (Lipinski definition) is 4. The fourth-order valence-corrected chi connectivity index (χ4v) is 2.52. The summed E-state index contributed by atoms with van der Waals surface area (Å²) in [5.41, 5.74) is -1.15. The fourth-order valence-electron chi connectivity index (χ4n) is 2.52. The van der Waals surface area contributed by atoms with E-state index in [1.807, 2.05) is 12.2 Å². The van der Waals surface area contributed by atoms with Crippen LogP contribution in [0.1, 0.15) is 33.1 Å². The van der Waals surface area contributed by atoms with Crippen LogP contribution in [0.2, 0.25) is 0 Å². The molecule has 1 atom stereocenters. The van der Waals surface area contributed by atoms with E-state index in [1.54, 1.807) is 19.9 Å². The molecule has 0 N–H and O–H groups in total. The number of hydrogen-bond donors (Lipinski definition) is 0. The molecule has 1 saturated heterocycles. The summed E-state index contributed by atoms with van der Waals surface area (Å²) in [7, 11) is 0. The van der Waals surface area contributed by atoms with E-state index < -0.39 is 23.1 Å². The summed E-state index contributed by atoms with van der Waals surface area (Å²) in [5, 5.41) is 0. The van der Waals surface area contributed by atoms with Gasteiger partial charge in [0.15, 0.2) is 5.41 Å². The maximum Gasteiger partial charge on any atom is 0.327 e. The molecule has 4 nitrogen and oxygen atoms in total. The van der Waals surface area contributed by atoms with Crippen molar-refractivity contribution < 1.29 is 19.1 Å². The summed E-state index contributed by atoms with van der Waals surface area (Å²) in [6.45, 7) is 6.81. The van der Waals surface area contributed by atoms with Crippen LogP contribution < -0.4 is 0 Å². The van der Waals surface area contributed by atoms with Gasteiger partial charge in [-0.2, -0.15) is 0 Å². The molecule has 1 heterocycles. The highest BCUT2D eigenvalue weighted by Gasteiger charge is 2.56. The van der Waals surface area contributed by atoms with Crippen LogP contribution in [0, 0.1) is 11.3 Å². The van der Waals surface area contributed by atoms with Gasteiger partial charge in [0, 0.05) is 13.8 Å². The first-order valence-corrected chi connectivity index (χ1v) is 6.14. The normalized spacial score (nSPS) is 28.7. The second-order valence-corrected chi connectivity index (χ2v) is 5.38. The molecule has 0 aromatic carbocycles. The van der Waals surface area contributed by atoms with E-state index in [1.165, 1.54) is 0 Å². The van der Waals surface area contributed by atoms with E-state index >= 15 is 0 Å². The van der Waals surface area contributed by atoms with Crippen molar-refractivity contribution in [2.24, 2.45) is 11.3 Å². The van der Waals surface area contributed by atoms with E-state index in [9.17, 15) is 9.59 Å². The minimum Gasteiger partial charge on any atom is -0.422 e. The molecule has 1 unspecified atom stereocenters. The van der Waals surface area contributed by atoms with Gasteiger partial charge in [-0.1, -0.05) is 18.2 Å². The van der Waals surface area contributed by atoms with E-state index in [4.69, 9.17) is 9.47 Å². The van der Waals surface area contributed by atoms with E-state index in [0.717, 1.165) is 6.42 Å². The highest BCUT2D eigenvalue weighted by molar-refractivity contribution is 6.02. The number of ether oxygens (including phenoxy) is 2. The molecule has 0 aromatic heterocycles. The minimum absolute atomic E-state index is 0.137. The molecule has 1 fully saturated rings. The molecular weight excluding hydrogens is 232 g/mol. The number of allylic oxidation sites excluding steroid dienone is 3. The average Bonchev–Trinajstić information content (AvgIpc) is 2.26. The second kappa shape index (κ2) is 4.26. The third kappa shape index (κ3) is 2.07.